The van der Waals surface area contributed by atoms with Crippen LogP contribution in [0.15, 0.2) is 22.7 Å². The lowest BCUT2D eigenvalue weighted by Crippen LogP contribution is -2.19. The van der Waals surface area contributed by atoms with E-state index in [1.165, 1.54) is 12.8 Å². The molecule has 106 valence electrons. The molecule has 0 bridgehead atoms. The lowest BCUT2D eigenvalue weighted by atomic mass is 9.87. The van der Waals surface area contributed by atoms with E-state index in [9.17, 15) is 0 Å². The molecule has 6 heteroatoms. The molecule has 2 N–H and O–H groups in total. The first-order valence-corrected chi connectivity index (χ1v) is 7.77. The van der Waals surface area contributed by atoms with Crippen LogP contribution in [0.2, 0.25) is 0 Å². The maximum atomic E-state index is 5.89. The third-order valence-electron chi connectivity index (χ3n) is 3.98. The topological polar surface area (TPSA) is 69.6 Å². The van der Waals surface area contributed by atoms with Crippen LogP contribution in [-0.2, 0) is 0 Å². The summed E-state index contributed by atoms with van der Waals surface area (Å²) in [5, 5.41) is 12.3. The zero-order chi connectivity index (χ0) is 14.1. The van der Waals surface area contributed by atoms with Gasteiger partial charge in [0.05, 0.1) is 6.04 Å². The van der Waals surface area contributed by atoms with Gasteiger partial charge in [-0.15, -0.1) is 5.10 Å². The minimum absolute atomic E-state index is 0.386. The number of tetrazole rings is 1. The zero-order valence-electron chi connectivity index (χ0n) is 11.5. The Morgan fingerprint density at radius 3 is 3.00 bits per heavy atom. The first-order chi connectivity index (χ1) is 9.65. The van der Waals surface area contributed by atoms with Crippen molar-refractivity contribution < 1.29 is 0 Å². The highest BCUT2D eigenvalue weighted by Gasteiger charge is 2.25. The van der Waals surface area contributed by atoms with Crippen molar-refractivity contribution in [2.75, 3.05) is 5.73 Å². The van der Waals surface area contributed by atoms with Gasteiger partial charge in [-0.25, -0.2) is 4.68 Å². The second-order valence-electron chi connectivity index (χ2n) is 5.61. The van der Waals surface area contributed by atoms with Gasteiger partial charge >= 0.3 is 0 Å². The monoisotopic (exact) mass is 335 g/mol. The Labute approximate surface area is 126 Å². The van der Waals surface area contributed by atoms with Crippen molar-refractivity contribution >= 4 is 21.6 Å². The summed E-state index contributed by atoms with van der Waals surface area (Å²) in [6.07, 6.45) is 4.82. The molecule has 2 atom stereocenters. The predicted molar refractivity (Wildman–Crippen MR) is 82.0 cm³/mol. The summed E-state index contributed by atoms with van der Waals surface area (Å²) in [5.41, 5.74) is 7.55. The molecule has 1 aliphatic carbocycles. The minimum atomic E-state index is 0.386. The number of benzene rings is 1. The molecule has 0 spiro atoms. The van der Waals surface area contributed by atoms with Gasteiger partial charge in [0.1, 0.15) is 0 Å². The van der Waals surface area contributed by atoms with Crippen LogP contribution < -0.4 is 5.73 Å². The molecule has 1 fully saturated rings. The van der Waals surface area contributed by atoms with E-state index < -0.39 is 0 Å². The fraction of sp³-hybridized carbons (Fsp3) is 0.500. The summed E-state index contributed by atoms with van der Waals surface area (Å²) in [6.45, 7) is 2.30. The lowest BCUT2D eigenvalue weighted by Gasteiger charge is -2.27. The minimum Gasteiger partial charge on any atom is -0.399 e. The Balaban J connectivity index is 1.99. The molecule has 2 unspecified atom stereocenters. The van der Waals surface area contributed by atoms with Gasteiger partial charge in [0.25, 0.3) is 0 Å². The van der Waals surface area contributed by atoms with E-state index in [0.717, 1.165) is 40.3 Å². The van der Waals surface area contributed by atoms with Gasteiger partial charge in [0.2, 0.25) is 0 Å². The first-order valence-electron chi connectivity index (χ1n) is 6.98. The smallest absolute Gasteiger partial charge is 0.183 e. The number of hydrogen-bond acceptors (Lipinski definition) is 4. The molecule has 3 rings (SSSR count). The van der Waals surface area contributed by atoms with Crippen molar-refractivity contribution in [2.24, 2.45) is 5.92 Å². The highest BCUT2D eigenvalue weighted by atomic mass is 79.9. The summed E-state index contributed by atoms with van der Waals surface area (Å²) >= 11 is 3.56. The van der Waals surface area contributed by atoms with Gasteiger partial charge in [0, 0.05) is 15.7 Å². The van der Waals surface area contributed by atoms with Crippen LogP contribution in [-0.4, -0.2) is 20.2 Å². The molecule has 0 saturated heterocycles. The van der Waals surface area contributed by atoms with Gasteiger partial charge in [0.15, 0.2) is 5.82 Å². The van der Waals surface area contributed by atoms with E-state index in [-0.39, 0.29) is 0 Å². The summed E-state index contributed by atoms with van der Waals surface area (Å²) in [4.78, 5) is 0. The summed E-state index contributed by atoms with van der Waals surface area (Å²) in [7, 11) is 0. The maximum absolute atomic E-state index is 5.89. The quantitative estimate of drug-likeness (QED) is 0.853. The van der Waals surface area contributed by atoms with E-state index in [2.05, 4.69) is 38.4 Å². The van der Waals surface area contributed by atoms with Crippen LogP contribution in [0, 0.1) is 5.92 Å². The number of hydrogen-bond donors (Lipinski definition) is 1. The van der Waals surface area contributed by atoms with Gasteiger partial charge < -0.3 is 5.73 Å². The van der Waals surface area contributed by atoms with Crippen LogP contribution in [0.3, 0.4) is 0 Å². The average molecular weight is 336 g/mol. The third kappa shape index (κ3) is 2.57. The molecule has 1 aromatic heterocycles. The highest BCUT2D eigenvalue weighted by molar-refractivity contribution is 9.10. The predicted octanol–water partition coefficient (Wildman–Crippen LogP) is 3.44. The van der Waals surface area contributed by atoms with Gasteiger partial charge in [-0.2, -0.15) is 0 Å². The Kier molecular flexibility index (Phi) is 3.74. The van der Waals surface area contributed by atoms with Gasteiger partial charge in [-0.3, -0.25) is 0 Å². The largest absolute Gasteiger partial charge is 0.399 e. The van der Waals surface area contributed by atoms with Crippen LogP contribution in [0.25, 0.3) is 11.4 Å². The molecule has 2 aromatic rings. The number of nitrogens with zero attached hydrogens (tertiary/aromatic N) is 4. The maximum Gasteiger partial charge on any atom is 0.183 e. The van der Waals surface area contributed by atoms with Crippen molar-refractivity contribution in [2.45, 2.75) is 38.6 Å². The summed E-state index contributed by atoms with van der Waals surface area (Å²) in [5.74, 6) is 1.53. The fourth-order valence-electron chi connectivity index (χ4n) is 2.96. The number of aromatic nitrogens is 4. The molecule has 5 nitrogen and oxygen atoms in total. The van der Waals surface area contributed by atoms with Gasteiger partial charge in [-0.1, -0.05) is 35.7 Å². The van der Waals surface area contributed by atoms with Crippen molar-refractivity contribution in [3.63, 3.8) is 0 Å². The van der Waals surface area contributed by atoms with Crippen molar-refractivity contribution in [1.82, 2.24) is 20.2 Å². The number of nitrogen functional groups attached to an aromatic ring is 1. The molecule has 0 amide bonds. The number of halogens is 1. The highest BCUT2D eigenvalue weighted by Crippen LogP contribution is 2.35. The molecule has 0 radical (unpaired) electrons. The van der Waals surface area contributed by atoms with Crippen molar-refractivity contribution in [3.05, 3.63) is 22.7 Å². The van der Waals surface area contributed by atoms with E-state index in [4.69, 9.17) is 5.73 Å². The van der Waals surface area contributed by atoms with Gasteiger partial charge in [-0.05, 0) is 47.4 Å². The summed E-state index contributed by atoms with van der Waals surface area (Å²) < 4.78 is 2.93. The lowest BCUT2D eigenvalue weighted by molar-refractivity contribution is 0.265. The molecule has 0 aliphatic heterocycles. The van der Waals surface area contributed by atoms with E-state index in [1.54, 1.807) is 0 Å². The Hall–Kier alpha value is -1.43. The molecular formula is C14H18BrN5. The second kappa shape index (κ2) is 5.52. The van der Waals surface area contributed by atoms with Crippen LogP contribution in [0.4, 0.5) is 5.69 Å². The molecule has 20 heavy (non-hydrogen) atoms. The Bertz CT molecular complexity index is 609. The molecule has 1 aromatic carbocycles. The molecule has 1 aliphatic rings. The Morgan fingerprint density at radius 1 is 1.35 bits per heavy atom. The third-order valence-corrected chi connectivity index (χ3v) is 4.67. The van der Waals surface area contributed by atoms with Crippen molar-refractivity contribution in [3.8, 4) is 11.4 Å². The van der Waals surface area contributed by atoms with Crippen LogP contribution in [0.1, 0.15) is 38.6 Å². The van der Waals surface area contributed by atoms with E-state index in [0.29, 0.717) is 6.04 Å². The zero-order valence-corrected chi connectivity index (χ0v) is 13.0. The normalized spacial score (nSPS) is 22.9. The Morgan fingerprint density at radius 2 is 2.20 bits per heavy atom. The second-order valence-corrected chi connectivity index (χ2v) is 6.47. The SMILES string of the molecule is CC1CCCC(n2nnnc2-c2cc(N)ccc2Br)C1. The standard InChI is InChI=1S/C14H18BrN5/c1-9-3-2-4-11(7-9)20-14(17-18-19-20)12-8-10(16)5-6-13(12)15/h5-6,8-9,11H,2-4,7,16H2,1H3. The number of nitrogens with two attached hydrogens (primary N) is 1. The molecule has 1 saturated carbocycles. The van der Waals surface area contributed by atoms with Crippen LogP contribution in [0.5, 0.6) is 0 Å². The fourth-order valence-corrected chi connectivity index (χ4v) is 3.38. The van der Waals surface area contributed by atoms with E-state index in [1.807, 2.05) is 22.9 Å². The molecular weight excluding hydrogens is 318 g/mol. The molecule has 1 heterocycles. The number of anilines is 1. The van der Waals surface area contributed by atoms with Crippen molar-refractivity contribution in [1.29, 1.82) is 0 Å². The first kappa shape index (κ1) is 13.5. The summed E-state index contributed by atoms with van der Waals surface area (Å²) in [6, 6.07) is 6.10. The van der Waals surface area contributed by atoms with E-state index >= 15 is 0 Å². The van der Waals surface area contributed by atoms with Crippen LogP contribution >= 0.6 is 15.9 Å². The average Bonchev–Trinajstić information content (AvgIpc) is 2.90. The number of rotatable bonds is 2.